The highest BCUT2D eigenvalue weighted by Crippen LogP contribution is 2.01. The Bertz CT molecular complexity index is 608. The van der Waals surface area contributed by atoms with Crippen LogP contribution in [0.4, 0.5) is 4.79 Å². The Kier molecular flexibility index (Phi) is 9.02. The monoisotopic (exact) mass is 370 g/mol. The molecule has 0 saturated carbocycles. The van der Waals surface area contributed by atoms with E-state index >= 15 is 0 Å². The standard InChI is InChI=1S/C16H19ClN2O6/c1-11(20)8-18-15(22)13(10-24-14(21)7-17)19-16(23)25-9-12-5-3-2-4-6-12/h2-6,13H,7-10H2,1H3,(H,18,22)(H,19,23). The lowest BCUT2D eigenvalue weighted by atomic mass is 10.2. The Morgan fingerprint density at radius 3 is 2.40 bits per heavy atom. The van der Waals surface area contributed by atoms with Gasteiger partial charge in [0.25, 0.3) is 0 Å². The average Bonchev–Trinajstić information content (AvgIpc) is 2.61. The van der Waals surface area contributed by atoms with Crippen molar-refractivity contribution < 1.29 is 28.7 Å². The number of alkyl halides is 1. The number of alkyl carbamates (subject to hydrolysis) is 1. The summed E-state index contributed by atoms with van der Waals surface area (Å²) in [6.45, 7) is 0.662. The summed E-state index contributed by atoms with van der Waals surface area (Å²) >= 11 is 5.31. The van der Waals surface area contributed by atoms with Gasteiger partial charge in [0.1, 0.15) is 30.9 Å². The highest BCUT2D eigenvalue weighted by molar-refractivity contribution is 6.26. The van der Waals surface area contributed by atoms with Crippen molar-refractivity contribution >= 4 is 35.4 Å². The van der Waals surface area contributed by atoms with Crippen molar-refractivity contribution in [1.29, 1.82) is 0 Å². The molecule has 1 rings (SSSR count). The van der Waals surface area contributed by atoms with Gasteiger partial charge in [-0.2, -0.15) is 0 Å². The van der Waals surface area contributed by atoms with Crippen molar-refractivity contribution in [2.45, 2.75) is 19.6 Å². The third-order valence-corrected chi connectivity index (χ3v) is 3.07. The smallest absolute Gasteiger partial charge is 0.408 e. The number of hydrogen-bond donors (Lipinski definition) is 2. The molecule has 0 spiro atoms. The molecule has 25 heavy (non-hydrogen) atoms. The maximum Gasteiger partial charge on any atom is 0.408 e. The molecule has 0 saturated heterocycles. The average molecular weight is 371 g/mol. The fourth-order valence-electron chi connectivity index (χ4n) is 1.64. The van der Waals surface area contributed by atoms with E-state index in [4.69, 9.17) is 21.1 Å². The van der Waals surface area contributed by atoms with Gasteiger partial charge in [0, 0.05) is 0 Å². The van der Waals surface area contributed by atoms with Crippen LogP contribution >= 0.6 is 11.6 Å². The molecule has 2 amide bonds. The Balaban J connectivity index is 2.57. The van der Waals surface area contributed by atoms with E-state index in [0.717, 1.165) is 5.56 Å². The zero-order valence-electron chi connectivity index (χ0n) is 13.6. The second-order valence-corrected chi connectivity index (χ2v) is 5.26. The Morgan fingerprint density at radius 2 is 1.80 bits per heavy atom. The Labute approximate surface area is 149 Å². The minimum absolute atomic E-state index is 0.00985. The van der Waals surface area contributed by atoms with E-state index in [1.807, 2.05) is 6.07 Å². The number of esters is 1. The van der Waals surface area contributed by atoms with Crippen LogP contribution in [-0.2, 0) is 30.5 Å². The van der Waals surface area contributed by atoms with Gasteiger partial charge < -0.3 is 20.1 Å². The van der Waals surface area contributed by atoms with E-state index < -0.39 is 30.6 Å². The molecule has 0 fully saturated rings. The SMILES string of the molecule is CC(=O)CNC(=O)C(COC(=O)CCl)NC(=O)OCc1ccccc1. The van der Waals surface area contributed by atoms with Crippen molar-refractivity contribution in [3.05, 3.63) is 35.9 Å². The summed E-state index contributed by atoms with van der Waals surface area (Å²) in [5.74, 6) is -2.09. The largest absolute Gasteiger partial charge is 0.462 e. The lowest BCUT2D eigenvalue weighted by Crippen LogP contribution is -2.50. The normalized spacial score (nSPS) is 11.1. The van der Waals surface area contributed by atoms with Crippen LogP contribution in [0, 0.1) is 0 Å². The molecule has 0 aliphatic rings. The van der Waals surface area contributed by atoms with E-state index in [2.05, 4.69) is 10.6 Å². The quantitative estimate of drug-likeness (QED) is 0.490. The van der Waals surface area contributed by atoms with Crippen LogP contribution in [0.5, 0.6) is 0 Å². The molecule has 9 heteroatoms. The molecule has 0 aromatic heterocycles. The van der Waals surface area contributed by atoms with Crippen LogP contribution < -0.4 is 10.6 Å². The summed E-state index contributed by atoms with van der Waals surface area (Å²) in [6, 6.07) is 7.74. The zero-order chi connectivity index (χ0) is 18.7. The Hall–Kier alpha value is -2.61. The second-order valence-electron chi connectivity index (χ2n) is 5.00. The Morgan fingerprint density at radius 1 is 1.12 bits per heavy atom. The van der Waals surface area contributed by atoms with Gasteiger partial charge >= 0.3 is 12.1 Å². The number of amides is 2. The summed E-state index contributed by atoms with van der Waals surface area (Å²) in [5.41, 5.74) is 0.767. The molecule has 0 radical (unpaired) electrons. The topological polar surface area (TPSA) is 111 Å². The molecule has 0 aliphatic carbocycles. The van der Waals surface area contributed by atoms with E-state index in [-0.39, 0.29) is 24.8 Å². The third kappa shape index (κ3) is 8.71. The lowest BCUT2D eigenvalue weighted by Gasteiger charge is -2.17. The zero-order valence-corrected chi connectivity index (χ0v) is 14.4. The molecule has 136 valence electrons. The minimum atomic E-state index is -1.21. The van der Waals surface area contributed by atoms with Crippen LogP contribution in [-0.4, -0.2) is 48.8 Å². The van der Waals surface area contributed by atoms with Crippen molar-refractivity contribution in [2.75, 3.05) is 19.0 Å². The highest BCUT2D eigenvalue weighted by atomic mass is 35.5. The van der Waals surface area contributed by atoms with Gasteiger partial charge in [-0.25, -0.2) is 4.79 Å². The summed E-state index contributed by atoms with van der Waals surface area (Å²) in [4.78, 5) is 45.9. The van der Waals surface area contributed by atoms with Gasteiger partial charge in [0.2, 0.25) is 5.91 Å². The number of nitrogens with one attached hydrogen (secondary N) is 2. The number of carbonyl (C=O) groups excluding carboxylic acids is 4. The molecule has 2 N–H and O–H groups in total. The number of ether oxygens (including phenoxy) is 2. The number of ketones is 1. The van der Waals surface area contributed by atoms with E-state index in [1.54, 1.807) is 24.3 Å². The number of carbonyl (C=O) groups is 4. The fourth-order valence-corrected chi connectivity index (χ4v) is 1.72. The van der Waals surface area contributed by atoms with Crippen molar-refractivity contribution in [2.24, 2.45) is 0 Å². The number of Topliss-reactive ketones (excluding diaryl/α,β-unsaturated/α-hetero) is 1. The molecule has 1 aromatic rings. The molecule has 1 aromatic carbocycles. The van der Waals surface area contributed by atoms with Gasteiger partial charge in [-0.05, 0) is 12.5 Å². The summed E-state index contributed by atoms with van der Waals surface area (Å²) in [5, 5.41) is 4.61. The number of benzene rings is 1. The second kappa shape index (κ2) is 11.0. The first-order chi connectivity index (χ1) is 11.9. The van der Waals surface area contributed by atoms with Crippen molar-refractivity contribution in [1.82, 2.24) is 10.6 Å². The molecule has 1 unspecified atom stereocenters. The lowest BCUT2D eigenvalue weighted by molar-refractivity contribution is -0.142. The summed E-state index contributed by atoms with van der Waals surface area (Å²) in [6.07, 6.45) is -0.867. The first kappa shape index (κ1) is 20.4. The summed E-state index contributed by atoms with van der Waals surface area (Å²) in [7, 11) is 0. The van der Waals surface area contributed by atoms with Gasteiger partial charge in [0.15, 0.2) is 0 Å². The van der Waals surface area contributed by atoms with Gasteiger partial charge in [0.05, 0.1) is 6.54 Å². The molecule has 1 atom stereocenters. The van der Waals surface area contributed by atoms with Gasteiger partial charge in [-0.1, -0.05) is 30.3 Å². The van der Waals surface area contributed by atoms with Gasteiger partial charge in [-0.15, -0.1) is 11.6 Å². The van der Waals surface area contributed by atoms with Crippen molar-refractivity contribution in [3.63, 3.8) is 0 Å². The van der Waals surface area contributed by atoms with Crippen LogP contribution in [0.1, 0.15) is 12.5 Å². The number of hydrogen-bond acceptors (Lipinski definition) is 6. The van der Waals surface area contributed by atoms with E-state index in [0.29, 0.717) is 0 Å². The molecular weight excluding hydrogens is 352 g/mol. The molecule has 0 heterocycles. The molecule has 0 bridgehead atoms. The highest BCUT2D eigenvalue weighted by Gasteiger charge is 2.23. The van der Waals surface area contributed by atoms with Crippen LogP contribution in [0.15, 0.2) is 30.3 Å². The molecule has 8 nitrogen and oxygen atoms in total. The van der Waals surface area contributed by atoms with Gasteiger partial charge in [-0.3, -0.25) is 14.4 Å². The van der Waals surface area contributed by atoms with Crippen molar-refractivity contribution in [3.8, 4) is 0 Å². The minimum Gasteiger partial charge on any atom is -0.462 e. The van der Waals surface area contributed by atoms with Crippen LogP contribution in [0.3, 0.4) is 0 Å². The van der Waals surface area contributed by atoms with Crippen LogP contribution in [0.25, 0.3) is 0 Å². The maximum absolute atomic E-state index is 12.0. The maximum atomic E-state index is 12.0. The van der Waals surface area contributed by atoms with Crippen LogP contribution in [0.2, 0.25) is 0 Å². The summed E-state index contributed by atoms with van der Waals surface area (Å²) < 4.78 is 9.76. The first-order valence-electron chi connectivity index (χ1n) is 7.38. The van der Waals surface area contributed by atoms with E-state index in [9.17, 15) is 19.2 Å². The predicted molar refractivity (Wildman–Crippen MR) is 88.9 cm³/mol. The first-order valence-corrected chi connectivity index (χ1v) is 7.91. The van der Waals surface area contributed by atoms with E-state index in [1.165, 1.54) is 6.92 Å². The fraction of sp³-hybridized carbons (Fsp3) is 0.375. The number of rotatable bonds is 9. The number of halogens is 1. The predicted octanol–water partition coefficient (Wildman–Crippen LogP) is 0.769. The third-order valence-electron chi connectivity index (χ3n) is 2.85. The molecule has 0 aliphatic heterocycles. The molecular formula is C16H19ClN2O6.